The monoisotopic (exact) mass is 296 g/mol. The molecule has 0 aliphatic heterocycles. The highest BCUT2D eigenvalue weighted by Gasteiger charge is 2.20. The van der Waals surface area contributed by atoms with Crippen molar-refractivity contribution in [1.29, 1.82) is 0 Å². The molecule has 2 nitrogen and oxygen atoms in total. The van der Waals surface area contributed by atoms with Gasteiger partial charge in [0.1, 0.15) is 0 Å². The van der Waals surface area contributed by atoms with E-state index in [9.17, 15) is 17.6 Å². The third-order valence-electron chi connectivity index (χ3n) is 2.53. The van der Waals surface area contributed by atoms with Crippen molar-refractivity contribution in [3.05, 3.63) is 34.9 Å². The molecule has 0 saturated heterocycles. The van der Waals surface area contributed by atoms with Crippen LogP contribution in [0.5, 0.6) is 0 Å². The van der Waals surface area contributed by atoms with Crippen LogP contribution < -0.4 is 0 Å². The summed E-state index contributed by atoms with van der Waals surface area (Å²) in [5, 5.41) is 0. The minimum atomic E-state index is -1.97. The van der Waals surface area contributed by atoms with Gasteiger partial charge >= 0.3 is 9.28 Å². The second-order valence-corrected chi connectivity index (χ2v) is 5.94. The minimum absolute atomic E-state index is 0.0524. The van der Waals surface area contributed by atoms with Crippen LogP contribution in [-0.2, 0) is 15.3 Å². The Hall–Kier alpha value is -0.923. The number of halogens is 4. The van der Waals surface area contributed by atoms with Gasteiger partial charge in [0.25, 0.3) is 0 Å². The second kappa shape index (κ2) is 7.61. The van der Waals surface area contributed by atoms with Gasteiger partial charge in [0, 0.05) is 13.2 Å². The zero-order valence-corrected chi connectivity index (χ0v) is 12.0. The summed E-state index contributed by atoms with van der Waals surface area (Å²) in [6, 6.07) is 1.04. The summed E-state index contributed by atoms with van der Waals surface area (Å²) in [5.41, 5.74) is -0.201. The van der Waals surface area contributed by atoms with E-state index in [1.165, 1.54) is 0 Å². The summed E-state index contributed by atoms with van der Waals surface area (Å²) in [6.45, 7) is 4.53. The molecule has 7 heteroatoms. The van der Waals surface area contributed by atoms with Crippen LogP contribution in [0.1, 0.15) is 19.4 Å². The van der Waals surface area contributed by atoms with Gasteiger partial charge in [-0.25, -0.2) is 17.6 Å². The topological polar surface area (TPSA) is 18.5 Å². The fourth-order valence-corrected chi connectivity index (χ4v) is 3.38. The molecule has 0 saturated carbocycles. The Labute approximate surface area is 111 Å². The van der Waals surface area contributed by atoms with Crippen molar-refractivity contribution in [3.63, 3.8) is 0 Å². The summed E-state index contributed by atoms with van der Waals surface area (Å²) in [7, 11) is -1.97. The number of hydrogen-bond donors (Lipinski definition) is 0. The molecular formula is C12H16F4O2Si. The first-order valence-corrected chi connectivity index (χ1v) is 7.82. The molecule has 0 aliphatic carbocycles. The van der Waals surface area contributed by atoms with E-state index in [-0.39, 0.29) is 12.0 Å². The Bertz CT molecular complexity index is 423. The molecule has 0 amide bonds. The smallest absolute Gasteiger partial charge is 0.321 e. The number of hydrogen-bond acceptors (Lipinski definition) is 2. The second-order valence-electron chi connectivity index (χ2n) is 3.84. The summed E-state index contributed by atoms with van der Waals surface area (Å²) in [4.78, 5) is 0. The third kappa shape index (κ3) is 4.29. The van der Waals surface area contributed by atoms with Crippen LogP contribution >= 0.6 is 0 Å². The van der Waals surface area contributed by atoms with Gasteiger partial charge in [-0.15, -0.1) is 0 Å². The van der Waals surface area contributed by atoms with Crippen LogP contribution in [0.2, 0.25) is 6.04 Å². The van der Waals surface area contributed by atoms with Crippen molar-refractivity contribution < 1.29 is 26.4 Å². The first-order chi connectivity index (χ1) is 9.01. The molecule has 1 rings (SSSR count). The Morgan fingerprint density at radius 2 is 1.53 bits per heavy atom. The van der Waals surface area contributed by atoms with Crippen LogP contribution in [0.15, 0.2) is 6.07 Å². The maximum Gasteiger partial charge on any atom is 0.321 e. The van der Waals surface area contributed by atoms with Crippen molar-refractivity contribution in [2.45, 2.75) is 26.3 Å². The molecule has 0 atom stereocenters. The Morgan fingerprint density at radius 3 is 2.05 bits per heavy atom. The van der Waals surface area contributed by atoms with E-state index in [2.05, 4.69) is 0 Å². The van der Waals surface area contributed by atoms with E-state index >= 15 is 0 Å². The van der Waals surface area contributed by atoms with E-state index < -0.39 is 32.6 Å². The molecule has 0 unspecified atom stereocenters. The van der Waals surface area contributed by atoms with Crippen molar-refractivity contribution in [2.75, 3.05) is 13.2 Å². The standard InChI is InChI=1S/C12H16F4O2Si/c1-3-17-19(18-4-2)6-5-8-7-9(13)11(15)12(16)10(8)14/h7,19H,3-6H2,1-2H3. The minimum Gasteiger partial charge on any atom is -0.397 e. The molecule has 19 heavy (non-hydrogen) atoms. The van der Waals surface area contributed by atoms with Gasteiger partial charge in [-0.05, 0) is 37.9 Å². The highest BCUT2D eigenvalue weighted by atomic mass is 28.3. The molecular weight excluding hydrogens is 280 g/mol. The molecule has 1 aromatic carbocycles. The van der Waals surface area contributed by atoms with Gasteiger partial charge in [0.15, 0.2) is 23.3 Å². The molecule has 1 aromatic rings. The van der Waals surface area contributed by atoms with Crippen LogP contribution in [0.3, 0.4) is 0 Å². The summed E-state index contributed by atoms with van der Waals surface area (Å²) >= 11 is 0. The van der Waals surface area contributed by atoms with E-state index in [1.54, 1.807) is 13.8 Å². The fourth-order valence-electron chi connectivity index (χ4n) is 1.66. The third-order valence-corrected chi connectivity index (χ3v) is 4.70. The zero-order chi connectivity index (χ0) is 14.4. The lowest BCUT2D eigenvalue weighted by Crippen LogP contribution is -2.23. The maximum atomic E-state index is 13.4. The normalized spacial score (nSPS) is 11.3. The van der Waals surface area contributed by atoms with Gasteiger partial charge in [0.2, 0.25) is 0 Å². The summed E-state index contributed by atoms with van der Waals surface area (Å²) < 4.78 is 63.0. The Balaban J connectivity index is 2.76. The number of aryl methyl sites for hydroxylation is 1. The lowest BCUT2D eigenvalue weighted by molar-refractivity contribution is 0.213. The van der Waals surface area contributed by atoms with E-state index in [1.807, 2.05) is 0 Å². The lowest BCUT2D eigenvalue weighted by Gasteiger charge is -2.15. The summed E-state index contributed by atoms with van der Waals surface area (Å²) in [6.07, 6.45) is 0.0524. The molecule has 0 N–H and O–H groups in total. The number of benzene rings is 1. The molecule has 0 bridgehead atoms. The van der Waals surface area contributed by atoms with Crippen LogP contribution in [0.25, 0.3) is 0 Å². The van der Waals surface area contributed by atoms with Crippen molar-refractivity contribution in [1.82, 2.24) is 0 Å². The quantitative estimate of drug-likeness (QED) is 0.333. The molecule has 0 spiro atoms. The molecule has 0 heterocycles. The van der Waals surface area contributed by atoms with Crippen molar-refractivity contribution in [2.24, 2.45) is 0 Å². The molecule has 0 radical (unpaired) electrons. The van der Waals surface area contributed by atoms with Gasteiger partial charge < -0.3 is 8.85 Å². The lowest BCUT2D eigenvalue weighted by atomic mass is 10.1. The average Bonchev–Trinajstić information content (AvgIpc) is 2.39. The highest BCUT2D eigenvalue weighted by molar-refractivity contribution is 6.44. The van der Waals surface area contributed by atoms with E-state index in [0.29, 0.717) is 25.3 Å². The van der Waals surface area contributed by atoms with Crippen LogP contribution in [0, 0.1) is 23.3 Å². The predicted molar refractivity (Wildman–Crippen MR) is 65.2 cm³/mol. The first-order valence-electron chi connectivity index (χ1n) is 6.06. The van der Waals surface area contributed by atoms with E-state index in [0.717, 1.165) is 0 Å². The maximum absolute atomic E-state index is 13.4. The van der Waals surface area contributed by atoms with Crippen LogP contribution in [0.4, 0.5) is 17.6 Å². The largest absolute Gasteiger partial charge is 0.397 e. The molecule has 0 aliphatic rings. The SMILES string of the molecule is CCO[SiH](CCc1cc(F)c(F)c(F)c1F)OCC. The van der Waals surface area contributed by atoms with Gasteiger partial charge in [-0.3, -0.25) is 0 Å². The zero-order valence-electron chi connectivity index (χ0n) is 10.8. The Morgan fingerprint density at radius 1 is 0.947 bits per heavy atom. The number of rotatable bonds is 7. The Kier molecular flexibility index (Phi) is 6.46. The fraction of sp³-hybridized carbons (Fsp3) is 0.500. The molecule has 0 fully saturated rings. The van der Waals surface area contributed by atoms with Gasteiger partial charge in [0.05, 0.1) is 0 Å². The molecule has 0 aromatic heterocycles. The van der Waals surface area contributed by atoms with Crippen LogP contribution in [-0.4, -0.2) is 22.5 Å². The van der Waals surface area contributed by atoms with Gasteiger partial charge in [-0.2, -0.15) is 0 Å². The van der Waals surface area contributed by atoms with E-state index in [4.69, 9.17) is 8.85 Å². The predicted octanol–water partition coefficient (Wildman–Crippen LogP) is 3.08. The van der Waals surface area contributed by atoms with Crippen molar-refractivity contribution >= 4 is 9.28 Å². The van der Waals surface area contributed by atoms with Crippen molar-refractivity contribution in [3.8, 4) is 0 Å². The first kappa shape index (κ1) is 16.1. The average molecular weight is 296 g/mol. The van der Waals surface area contributed by atoms with Gasteiger partial charge in [-0.1, -0.05) is 0 Å². The molecule has 108 valence electrons. The highest BCUT2D eigenvalue weighted by Crippen LogP contribution is 2.20. The summed E-state index contributed by atoms with van der Waals surface area (Å²) in [5.74, 6) is -6.30.